The number of rotatable bonds is 5. The first-order chi connectivity index (χ1) is 10.4. The Balaban J connectivity index is 2.50. The van der Waals surface area contributed by atoms with Gasteiger partial charge in [0.1, 0.15) is 10.7 Å². The summed E-state index contributed by atoms with van der Waals surface area (Å²) in [5.74, 6) is -0.400. The maximum atomic E-state index is 13.9. The summed E-state index contributed by atoms with van der Waals surface area (Å²) in [5.41, 5.74) is 1.40. The van der Waals surface area contributed by atoms with Crippen LogP contribution in [-0.2, 0) is 19.0 Å². The van der Waals surface area contributed by atoms with E-state index in [1.54, 1.807) is 12.1 Å². The van der Waals surface area contributed by atoms with Gasteiger partial charge in [0.15, 0.2) is 0 Å². The fourth-order valence-electron chi connectivity index (χ4n) is 2.33. The molecule has 0 radical (unpaired) electrons. The normalized spacial score (nSPS) is 11.9. The van der Waals surface area contributed by atoms with Gasteiger partial charge in [-0.3, -0.25) is 0 Å². The summed E-state index contributed by atoms with van der Waals surface area (Å²) >= 11 is 0.447. The molecule has 0 N–H and O–H groups in total. The van der Waals surface area contributed by atoms with Crippen LogP contribution in [0.3, 0.4) is 0 Å². The van der Waals surface area contributed by atoms with Crippen LogP contribution in [0.2, 0.25) is 0 Å². The van der Waals surface area contributed by atoms with Gasteiger partial charge in [-0.15, -0.1) is 0 Å². The lowest BCUT2D eigenvalue weighted by atomic mass is 9.99. The zero-order chi connectivity index (χ0) is 16.3. The van der Waals surface area contributed by atoms with Crippen molar-refractivity contribution < 1.29 is 17.6 Å². The predicted octanol–water partition coefficient (Wildman–Crippen LogP) is 5.87. The Kier molecular flexibility index (Phi) is 5.21. The molecule has 22 heavy (non-hydrogen) atoms. The standard InChI is InChI=1S/C16H17F4NS/c1-3-5-6-12-14(21-22-15(12)16(18,19)20)11-8-7-10(4-2)13(17)9-11/h7-9H,3-6H2,1-2H3. The number of hydrogen-bond donors (Lipinski definition) is 0. The summed E-state index contributed by atoms with van der Waals surface area (Å²) in [5, 5.41) is 0. The van der Waals surface area contributed by atoms with Crippen LogP contribution in [0.4, 0.5) is 17.6 Å². The van der Waals surface area contributed by atoms with Gasteiger partial charge in [0.25, 0.3) is 0 Å². The lowest BCUT2D eigenvalue weighted by Gasteiger charge is -2.09. The highest BCUT2D eigenvalue weighted by atomic mass is 32.1. The van der Waals surface area contributed by atoms with Gasteiger partial charge in [0.05, 0.1) is 5.69 Å². The Bertz CT molecular complexity index is 646. The van der Waals surface area contributed by atoms with E-state index in [1.165, 1.54) is 6.07 Å². The van der Waals surface area contributed by atoms with E-state index in [4.69, 9.17) is 0 Å². The summed E-state index contributed by atoms with van der Waals surface area (Å²) in [6, 6.07) is 4.54. The van der Waals surface area contributed by atoms with Crippen molar-refractivity contribution in [3.8, 4) is 11.3 Å². The molecule has 1 nitrogen and oxygen atoms in total. The molecular weight excluding hydrogens is 314 g/mol. The number of aryl methyl sites for hydroxylation is 1. The molecule has 6 heteroatoms. The molecule has 0 bridgehead atoms. The van der Waals surface area contributed by atoms with Gasteiger partial charge in [-0.1, -0.05) is 32.4 Å². The van der Waals surface area contributed by atoms with Crippen LogP contribution in [0.1, 0.15) is 42.7 Å². The Morgan fingerprint density at radius 3 is 2.45 bits per heavy atom. The number of alkyl halides is 3. The van der Waals surface area contributed by atoms with Crippen molar-refractivity contribution in [2.45, 2.75) is 45.7 Å². The smallest absolute Gasteiger partial charge is 0.207 e. The zero-order valence-corrected chi connectivity index (χ0v) is 13.2. The highest BCUT2D eigenvalue weighted by molar-refractivity contribution is 7.06. The summed E-state index contributed by atoms with van der Waals surface area (Å²) in [6.45, 7) is 3.75. The molecule has 2 aromatic rings. The Hall–Kier alpha value is -1.43. The monoisotopic (exact) mass is 331 g/mol. The third-order valence-electron chi connectivity index (χ3n) is 3.53. The number of halogens is 4. The highest BCUT2D eigenvalue weighted by Crippen LogP contribution is 2.40. The van der Waals surface area contributed by atoms with E-state index in [-0.39, 0.29) is 11.3 Å². The van der Waals surface area contributed by atoms with E-state index in [1.807, 2.05) is 13.8 Å². The van der Waals surface area contributed by atoms with Crippen LogP contribution in [0.15, 0.2) is 18.2 Å². The zero-order valence-electron chi connectivity index (χ0n) is 12.4. The number of aromatic nitrogens is 1. The molecule has 120 valence electrons. The summed E-state index contributed by atoms with van der Waals surface area (Å²) < 4.78 is 57.2. The molecule has 0 saturated carbocycles. The topological polar surface area (TPSA) is 12.9 Å². The summed E-state index contributed by atoms with van der Waals surface area (Å²) in [4.78, 5) is -0.670. The molecule has 0 fully saturated rings. The molecule has 0 amide bonds. The average molecular weight is 331 g/mol. The quantitative estimate of drug-likeness (QED) is 0.624. The lowest BCUT2D eigenvalue weighted by molar-refractivity contribution is -0.134. The molecule has 0 spiro atoms. The maximum absolute atomic E-state index is 13.9. The minimum Gasteiger partial charge on any atom is -0.207 e. The first-order valence-electron chi connectivity index (χ1n) is 7.23. The Morgan fingerprint density at radius 2 is 1.91 bits per heavy atom. The third-order valence-corrected chi connectivity index (χ3v) is 4.47. The summed E-state index contributed by atoms with van der Waals surface area (Å²) in [7, 11) is 0. The minimum atomic E-state index is -4.42. The van der Waals surface area contributed by atoms with E-state index in [2.05, 4.69) is 4.37 Å². The molecule has 1 aromatic heterocycles. The van der Waals surface area contributed by atoms with Crippen molar-refractivity contribution in [2.24, 2.45) is 0 Å². The van der Waals surface area contributed by atoms with Crippen molar-refractivity contribution >= 4 is 11.5 Å². The predicted molar refractivity (Wildman–Crippen MR) is 80.5 cm³/mol. The number of unbranched alkanes of at least 4 members (excludes halogenated alkanes) is 1. The maximum Gasteiger partial charge on any atom is 0.427 e. The van der Waals surface area contributed by atoms with Crippen LogP contribution >= 0.6 is 11.5 Å². The molecule has 0 aliphatic heterocycles. The molecule has 0 saturated heterocycles. The van der Waals surface area contributed by atoms with Crippen LogP contribution in [0, 0.1) is 5.82 Å². The van der Waals surface area contributed by atoms with Crippen molar-refractivity contribution in [2.75, 3.05) is 0 Å². The third kappa shape index (κ3) is 3.48. The van der Waals surface area contributed by atoms with E-state index in [0.717, 1.165) is 6.42 Å². The summed E-state index contributed by atoms with van der Waals surface area (Å²) in [6.07, 6.45) is -2.14. The molecule has 0 unspecified atom stereocenters. The second-order valence-corrected chi connectivity index (χ2v) is 5.87. The molecular formula is C16H17F4NS. The first kappa shape index (κ1) is 16.9. The average Bonchev–Trinajstić information content (AvgIpc) is 2.88. The molecule has 0 aliphatic carbocycles. The van der Waals surface area contributed by atoms with Crippen LogP contribution in [0.25, 0.3) is 11.3 Å². The molecule has 1 aromatic carbocycles. The lowest BCUT2D eigenvalue weighted by Crippen LogP contribution is -2.06. The van der Waals surface area contributed by atoms with Crippen molar-refractivity contribution in [1.29, 1.82) is 0 Å². The van der Waals surface area contributed by atoms with Crippen molar-refractivity contribution in [1.82, 2.24) is 4.37 Å². The Labute approximate surface area is 131 Å². The van der Waals surface area contributed by atoms with E-state index in [9.17, 15) is 17.6 Å². The largest absolute Gasteiger partial charge is 0.427 e. The van der Waals surface area contributed by atoms with Crippen molar-refractivity contribution in [3.05, 3.63) is 40.0 Å². The van der Waals surface area contributed by atoms with Gasteiger partial charge in [-0.25, -0.2) is 4.39 Å². The molecule has 2 rings (SSSR count). The first-order valence-corrected chi connectivity index (χ1v) is 8.00. The van der Waals surface area contributed by atoms with Crippen molar-refractivity contribution in [3.63, 3.8) is 0 Å². The number of benzene rings is 1. The van der Waals surface area contributed by atoms with Crippen LogP contribution in [0.5, 0.6) is 0 Å². The minimum absolute atomic E-state index is 0.183. The second-order valence-electron chi connectivity index (χ2n) is 5.10. The van der Waals surface area contributed by atoms with E-state index >= 15 is 0 Å². The van der Waals surface area contributed by atoms with Crippen LogP contribution < -0.4 is 0 Å². The number of hydrogen-bond acceptors (Lipinski definition) is 2. The SMILES string of the molecule is CCCCc1c(-c2ccc(CC)c(F)c2)nsc1C(F)(F)F. The Morgan fingerprint density at radius 1 is 1.18 bits per heavy atom. The van der Waals surface area contributed by atoms with Gasteiger partial charge in [0.2, 0.25) is 0 Å². The van der Waals surface area contributed by atoms with Gasteiger partial charge in [-0.2, -0.15) is 17.5 Å². The fourth-order valence-corrected chi connectivity index (χ4v) is 3.14. The number of nitrogens with zero attached hydrogens (tertiary/aromatic N) is 1. The van der Waals surface area contributed by atoms with Gasteiger partial charge in [0, 0.05) is 11.1 Å². The molecule has 0 atom stereocenters. The van der Waals surface area contributed by atoms with Gasteiger partial charge >= 0.3 is 6.18 Å². The van der Waals surface area contributed by atoms with Crippen LogP contribution in [-0.4, -0.2) is 4.37 Å². The van der Waals surface area contributed by atoms with Gasteiger partial charge in [-0.05, 0) is 42.4 Å². The molecule has 1 heterocycles. The van der Waals surface area contributed by atoms with E-state index in [0.29, 0.717) is 41.9 Å². The van der Waals surface area contributed by atoms with E-state index < -0.39 is 16.9 Å². The fraction of sp³-hybridized carbons (Fsp3) is 0.438. The van der Waals surface area contributed by atoms with Gasteiger partial charge < -0.3 is 0 Å². The highest BCUT2D eigenvalue weighted by Gasteiger charge is 2.37. The molecule has 0 aliphatic rings. The second kappa shape index (κ2) is 6.77.